The third kappa shape index (κ3) is 4.59. The van der Waals surface area contributed by atoms with Crippen molar-refractivity contribution in [1.82, 2.24) is 9.78 Å². The summed E-state index contributed by atoms with van der Waals surface area (Å²) in [7, 11) is 0. The molecule has 1 atom stereocenters. The van der Waals surface area contributed by atoms with Crippen molar-refractivity contribution in [3.8, 4) is 0 Å². The quantitative estimate of drug-likeness (QED) is 0.598. The average molecular weight is 393 g/mol. The van der Waals surface area contributed by atoms with E-state index in [0.29, 0.717) is 5.56 Å². The van der Waals surface area contributed by atoms with Crippen LogP contribution in [0.2, 0.25) is 0 Å². The Kier molecular flexibility index (Phi) is 5.28. The van der Waals surface area contributed by atoms with Gasteiger partial charge in [-0.25, -0.2) is 9.48 Å². The van der Waals surface area contributed by atoms with E-state index < -0.39 is 5.60 Å². The second-order valence-corrected chi connectivity index (χ2v) is 8.39. The minimum atomic E-state index is -0.503. The van der Waals surface area contributed by atoms with Gasteiger partial charge in [-0.05, 0) is 82.5 Å². The van der Waals surface area contributed by atoms with Crippen LogP contribution in [0.1, 0.15) is 56.6 Å². The fraction of sp³-hybridized carbons (Fsp3) is 0.391. The maximum Gasteiger partial charge on any atom is 0.338 e. The van der Waals surface area contributed by atoms with Crippen LogP contribution in [0.15, 0.2) is 48.7 Å². The first-order chi connectivity index (χ1) is 13.9. The van der Waals surface area contributed by atoms with Gasteiger partial charge in [0.15, 0.2) is 6.23 Å². The van der Waals surface area contributed by atoms with Crippen molar-refractivity contribution >= 4 is 28.2 Å². The largest absolute Gasteiger partial charge is 0.456 e. The first-order valence-corrected chi connectivity index (χ1v) is 10.1. The van der Waals surface area contributed by atoms with Crippen LogP contribution in [0.3, 0.4) is 0 Å². The topological polar surface area (TPSA) is 65.4 Å². The highest BCUT2D eigenvalue weighted by Gasteiger charge is 2.19. The molecule has 152 valence electrons. The highest BCUT2D eigenvalue weighted by molar-refractivity contribution is 5.90. The summed E-state index contributed by atoms with van der Waals surface area (Å²) in [5.41, 5.74) is 2.97. The van der Waals surface area contributed by atoms with Gasteiger partial charge in [-0.2, -0.15) is 5.10 Å². The molecule has 3 aromatic rings. The van der Waals surface area contributed by atoms with E-state index in [2.05, 4.69) is 22.5 Å². The maximum absolute atomic E-state index is 12.1. The molecule has 0 spiro atoms. The lowest BCUT2D eigenvalue weighted by Gasteiger charge is -2.23. The third-order valence-electron chi connectivity index (χ3n) is 4.83. The number of esters is 1. The van der Waals surface area contributed by atoms with E-state index in [0.717, 1.165) is 41.7 Å². The van der Waals surface area contributed by atoms with Crippen LogP contribution >= 0.6 is 0 Å². The molecule has 0 amide bonds. The van der Waals surface area contributed by atoms with Crippen LogP contribution in [-0.4, -0.2) is 28.0 Å². The van der Waals surface area contributed by atoms with Gasteiger partial charge in [0.2, 0.25) is 0 Å². The van der Waals surface area contributed by atoms with Crippen molar-refractivity contribution < 1.29 is 14.3 Å². The van der Waals surface area contributed by atoms with Gasteiger partial charge in [0.1, 0.15) is 5.60 Å². The SMILES string of the molecule is CC(C)(C)OC(=O)c1ccc(Nc2ccc3c(cnn3C3CCCCO3)c2)cc1. The summed E-state index contributed by atoms with van der Waals surface area (Å²) in [6, 6.07) is 13.5. The van der Waals surface area contributed by atoms with Crippen LogP contribution in [-0.2, 0) is 9.47 Å². The molecule has 0 radical (unpaired) electrons. The molecular formula is C23H27N3O3. The van der Waals surface area contributed by atoms with E-state index in [9.17, 15) is 4.79 Å². The molecule has 6 heteroatoms. The van der Waals surface area contributed by atoms with E-state index in [1.165, 1.54) is 6.42 Å². The molecule has 1 unspecified atom stereocenters. The predicted molar refractivity (Wildman–Crippen MR) is 113 cm³/mol. The van der Waals surface area contributed by atoms with Gasteiger partial charge in [0.05, 0.1) is 17.3 Å². The number of benzene rings is 2. The fourth-order valence-electron chi connectivity index (χ4n) is 3.47. The second-order valence-electron chi connectivity index (χ2n) is 8.39. The van der Waals surface area contributed by atoms with Crippen molar-refractivity contribution in [2.75, 3.05) is 11.9 Å². The van der Waals surface area contributed by atoms with Gasteiger partial charge in [-0.15, -0.1) is 0 Å². The molecule has 4 rings (SSSR count). The zero-order valence-corrected chi connectivity index (χ0v) is 17.1. The summed E-state index contributed by atoms with van der Waals surface area (Å²) >= 11 is 0. The van der Waals surface area contributed by atoms with Crippen LogP contribution in [0.25, 0.3) is 10.9 Å². The number of hydrogen-bond donors (Lipinski definition) is 1. The molecule has 0 bridgehead atoms. The molecule has 0 aliphatic carbocycles. The highest BCUT2D eigenvalue weighted by atomic mass is 16.6. The summed E-state index contributed by atoms with van der Waals surface area (Å²) in [5, 5.41) is 8.98. The molecule has 1 aromatic heterocycles. The number of nitrogens with zero attached hydrogens (tertiary/aromatic N) is 2. The number of nitrogens with one attached hydrogen (secondary N) is 1. The normalized spacial score (nSPS) is 17.3. The van der Waals surface area contributed by atoms with Gasteiger partial charge in [0, 0.05) is 23.4 Å². The summed E-state index contributed by atoms with van der Waals surface area (Å²) in [6.45, 7) is 6.38. The monoisotopic (exact) mass is 393 g/mol. The number of anilines is 2. The fourth-order valence-corrected chi connectivity index (χ4v) is 3.47. The lowest BCUT2D eigenvalue weighted by atomic mass is 10.1. The lowest BCUT2D eigenvalue weighted by Crippen LogP contribution is -2.23. The van der Waals surface area contributed by atoms with E-state index >= 15 is 0 Å². The Morgan fingerprint density at radius 2 is 1.90 bits per heavy atom. The van der Waals surface area contributed by atoms with Crippen molar-refractivity contribution in [1.29, 1.82) is 0 Å². The summed E-state index contributed by atoms with van der Waals surface area (Å²) in [5.74, 6) is -0.317. The van der Waals surface area contributed by atoms with Gasteiger partial charge < -0.3 is 14.8 Å². The minimum absolute atomic E-state index is 0.0282. The van der Waals surface area contributed by atoms with Gasteiger partial charge in [0.25, 0.3) is 0 Å². The van der Waals surface area contributed by atoms with Crippen molar-refractivity contribution in [3.63, 3.8) is 0 Å². The predicted octanol–water partition coefficient (Wildman–Crippen LogP) is 5.43. The number of fused-ring (bicyclic) bond motifs is 1. The number of carbonyl (C=O) groups is 1. The van der Waals surface area contributed by atoms with Crippen molar-refractivity contribution in [2.45, 2.75) is 51.9 Å². The van der Waals surface area contributed by atoms with Crippen LogP contribution in [0.4, 0.5) is 11.4 Å². The van der Waals surface area contributed by atoms with E-state index in [1.54, 1.807) is 12.1 Å². The Morgan fingerprint density at radius 1 is 1.14 bits per heavy atom. The first-order valence-electron chi connectivity index (χ1n) is 10.1. The molecule has 1 aliphatic rings. The summed E-state index contributed by atoms with van der Waals surface area (Å²) in [4.78, 5) is 12.1. The maximum atomic E-state index is 12.1. The average Bonchev–Trinajstić information content (AvgIpc) is 3.11. The third-order valence-corrected chi connectivity index (χ3v) is 4.83. The first kappa shape index (κ1) is 19.5. The lowest BCUT2D eigenvalue weighted by molar-refractivity contribution is -0.0366. The minimum Gasteiger partial charge on any atom is -0.456 e. The number of carbonyl (C=O) groups excluding carboxylic acids is 1. The summed E-state index contributed by atoms with van der Waals surface area (Å²) in [6.07, 6.45) is 5.20. The van der Waals surface area contributed by atoms with Gasteiger partial charge in [-0.3, -0.25) is 0 Å². The van der Waals surface area contributed by atoms with Crippen molar-refractivity contribution in [3.05, 3.63) is 54.2 Å². The Bertz CT molecular complexity index is 996. The number of hydrogen-bond acceptors (Lipinski definition) is 5. The number of aromatic nitrogens is 2. The molecule has 6 nitrogen and oxygen atoms in total. The van der Waals surface area contributed by atoms with Crippen LogP contribution in [0, 0.1) is 0 Å². The number of ether oxygens (including phenoxy) is 2. The second kappa shape index (κ2) is 7.87. The Morgan fingerprint density at radius 3 is 2.59 bits per heavy atom. The van der Waals surface area contributed by atoms with E-state index in [1.807, 2.05) is 49.8 Å². The molecule has 29 heavy (non-hydrogen) atoms. The van der Waals surface area contributed by atoms with Crippen LogP contribution < -0.4 is 5.32 Å². The molecule has 1 aliphatic heterocycles. The molecule has 2 heterocycles. The molecule has 1 N–H and O–H groups in total. The smallest absolute Gasteiger partial charge is 0.338 e. The zero-order chi connectivity index (χ0) is 20.4. The van der Waals surface area contributed by atoms with E-state index in [4.69, 9.17) is 9.47 Å². The Balaban J connectivity index is 1.47. The Labute approximate surface area is 170 Å². The van der Waals surface area contributed by atoms with E-state index in [-0.39, 0.29) is 12.2 Å². The van der Waals surface area contributed by atoms with Gasteiger partial charge >= 0.3 is 5.97 Å². The van der Waals surface area contributed by atoms with Crippen LogP contribution in [0.5, 0.6) is 0 Å². The standard InChI is InChI=1S/C23H27N3O3/c1-23(2,3)29-22(27)16-7-9-18(10-8-16)25-19-11-12-20-17(14-19)15-24-26(20)21-6-4-5-13-28-21/h7-12,14-15,21,25H,4-6,13H2,1-3H3. The van der Waals surface area contributed by atoms with Gasteiger partial charge in [-0.1, -0.05) is 0 Å². The van der Waals surface area contributed by atoms with Crippen molar-refractivity contribution in [2.24, 2.45) is 0 Å². The molecule has 2 aromatic carbocycles. The highest BCUT2D eigenvalue weighted by Crippen LogP contribution is 2.28. The Hall–Kier alpha value is -2.86. The summed E-state index contributed by atoms with van der Waals surface area (Å²) < 4.78 is 13.2. The molecule has 0 saturated carbocycles. The zero-order valence-electron chi connectivity index (χ0n) is 17.1. The molecular weight excluding hydrogens is 366 g/mol. The number of rotatable bonds is 4. The molecule has 1 saturated heterocycles. The molecule has 1 fully saturated rings.